The van der Waals surface area contributed by atoms with Crippen molar-refractivity contribution in [1.82, 2.24) is 0 Å². The molecule has 0 heterocycles. The van der Waals surface area contributed by atoms with Crippen LogP contribution in [0.25, 0.3) is 0 Å². The van der Waals surface area contributed by atoms with Crippen LogP contribution < -0.4 is 16.8 Å². The number of anilines is 1. The minimum atomic E-state index is -0.445. The van der Waals surface area contributed by atoms with Crippen LogP contribution in [-0.4, -0.2) is 11.8 Å². The Morgan fingerprint density at radius 2 is 1.52 bits per heavy atom. The van der Waals surface area contributed by atoms with Gasteiger partial charge in [-0.25, -0.2) is 0 Å². The number of nitrogens with one attached hydrogen (secondary N) is 1. The van der Waals surface area contributed by atoms with Gasteiger partial charge in [-0.3, -0.25) is 9.59 Å². The predicted molar refractivity (Wildman–Crippen MR) is 82.0 cm³/mol. The van der Waals surface area contributed by atoms with Crippen molar-refractivity contribution in [2.45, 2.75) is 13.5 Å². The lowest BCUT2D eigenvalue weighted by atomic mass is 10.0. The third kappa shape index (κ3) is 3.60. The molecule has 0 unspecified atom stereocenters. The number of hydrogen-bond acceptors (Lipinski definition) is 3. The van der Waals surface area contributed by atoms with Gasteiger partial charge in [-0.15, -0.1) is 0 Å². The number of amides is 2. The molecule has 5 nitrogen and oxygen atoms in total. The Kier molecular flexibility index (Phi) is 4.23. The van der Waals surface area contributed by atoms with Gasteiger partial charge in [0.2, 0.25) is 11.8 Å². The van der Waals surface area contributed by atoms with Gasteiger partial charge in [0.05, 0.1) is 0 Å². The topological polar surface area (TPSA) is 98.2 Å². The van der Waals surface area contributed by atoms with Crippen LogP contribution in [0.3, 0.4) is 0 Å². The van der Waals surface area contributed by atoms with Gasteiger partial charge >= 0.3 is 0 Å². The van der Waals surface area contributed by atoms with E-state index in [-0.39, 0.29) is 0 Å². The van der Waals surface area contributed by atoms with E-state index in [1.54, 1.807) is 36.4 Å². The minimum Gasteiger partial charge on any atom is -0.381 e. The molecular formula is C16H17N3O2. The van der Waals surface area contributed by atoms with E-state index in [9.17, 15) is 9.59 Å². The Labute approximate surface area is 123 Å². The maximum atomic E-state index is 11.1. The van der Waals surface area contributed by atoms with E-state index in [1.165, 1.54) is 0 Å². The van der Waals surface area contributed by atoms with Gasteiger partial charge in [-0.1, -0.05) is 6.07 Å². The number of hydrogen-bond donors (Lipinski definition) is 3. The smallest absolute Gasteiger partial charge is 0.248 e. The number of rotatable bonds is 5. The van der Waals surface area contributed by atoms with E-state index in [4.69, 9.17) is 11.5 Å². The van der Waals surface area contributed by atoms with Crippen molar-refractivity contribution in [2.24, 2.45) is 11.5 Å². The quantitative estimate of drug-likeness (QED) is 0.780. The van der Waals surface area contributed by atoms with Crippen LogP contribution in [-0.2, 0) is 6.54 Å². The van der Waals surface area contributed by atoms with Crippen molar-refractivity contribution in [3.63, 3.8) is 0 Å². The Balaban J connectivity index is 2.06. The standard InChI is InChI=1S/C16H17N3O2/c1-10-8-12(16(18)21)2-3-13(10)9-19-14-6-4-11(5-7-14)15(17)20/h2-8,19H,9H2,1H3,(H2,17,20)(H2,18,21). The normalized spacial score (nSPS) is 10.1. The molecule has 0 aliphatic carbocycles. The molecule has 0 aliphatic heterocycles. The van der Waals surface area contributed by atoms with Gasteiger partial charge in [0.25, 0.3) is 0 Å². The molecule has 21 heavy (non-hydrogen) atoms. The molecule has 0 atom stereocenters. The molecule has 108 valence electrons. The van der Waals surface area contributed by atoms with Gasteiger partial charge in [-0.05, 0) is 54.4 Å². The van der Waals surface area contributed by atoms with E-state index >= 15 is 0 Å². The maximum Gasteiger partial charge on any atom is 0.248 e. The number of nitrogens with two attached hydrogens (primary N) is 2. The van der Waals surface area contributed by atoms with Gasteiger partial charge in [0.1, 0.15) is 0 Å². The molecule has 2 amide bonds. The van der Waals surface area contributed by atoms with Crippen LogP contribution in [0.4, 0.5) is 5.69 Å². The molecule has 0 aromatic heterocycles. The number of primary amides is 2. The summed E-state index contributed by atoms with van der Waals surface area (Å²) in [5.74, 6) is -0.876. The SMILES string of the molecule is Cc1cc(C(N)=O)ccc1CNc1ccc(C(N)=O)cc1. The number of carbonyl (C=O) groups is 2. The summed E-state index contributed by atoms with van der Waals surface area (Å²) in [5, 5.41) is 3.25. The molecule has 5 heteroatoms. The Bertz CT molecular complexity index is 678. The van der Waals surface area contributed by atoms with E-state index in [0.29, 0.717) is 17.7 Å². The van der Waals surface area contributed by atoms with E-state index in [2.05, 4.69) is 5.32 Å². The minimum absolute atomic E-state index is 0.431. The summed E-state index contributed by atoms with van der Waals surface area (Å²) in [4.78, 5) is 22.1. The predicted octanol–water partition coefficient (Wildman–Crippen LogP) is 1.80. The molecule has 2 rings (SSSR count). The third-order valence-corrected chi connectivity index (χ3v) is 3.28. The second-order valence-corrected chi connectivity index (χ2v) is 4.80. The van der Waals surface area contributed by atoms with Crippen LogP contribution in [0.5, 0.6) is 0 Å². The highest BCUT2D eigenvalue weighted by Crippen LogP contribution is 2.15. The first-order chi connectivity index (χ1) is 9.97. The first-order valence-corrected chi connectivity index (χ1v) is 6.50. The first kappa shape index (κ1) is 14.6. The average Bonchev–Trinajstić information content (AvgIpc) is 2.46. The van der Waals surface area contributed by atoms with Gasteiger partial charge in [-0.2, -0.15) is 0 Å². The molecule has 0 spiro atoms. The largest absolute Gasteiger partial charge is 0.381 e. The fraction of sp³-hybridized carbons (Fsp3) is 0.125. The molecule has 2 aromatic rings. The highest BCUT2D eigenvalue weighted by atomic mass is 16.1. The van der Waals surface area contributed by atoms with E-state index in [1.807, 2.05) is 13.0 Å². The molecule has 0 radical (unpaired) electrons. The molecule has 0 bridgehead atoms. The average molecular weight is 283 g/mol. The zero-order valence-electron chi connectivity index (χ0n) is 11.7. The number of carbonyl (C=O) groups excluding carboxylic acids is 2. The summed E-state index contributed by atoms with van der Waals surface area (Å²) in [6.45, 7) is 2.54. The van der Waals surface area contributed by atoms with Crippen molar-refractivity contribution in [3.8, 4) is 0 Å². The van der Waals surface area contributed by atoms with Crippen molar-refractivity contribution in [3.05, 3.63) is 64.7 Å². The Morgan fingerprint density at radius 1 is 0.952 bits per heavy atom. The first-order valence-electron chi connectivity index (χ1n) is 6.50. The van der Waals surface area contributed by atoms with E-state index < -0.39 is 11.8 Å². The molecule has 0 saturated carbocycles. The molecule has 2 aromatic carbocycles. The van der Waals surface area contributed by atoms with Crippen LogP contribution in [0, 0.1) is 6.92 Å². The molecule has 0 aliphatic rings. The summed E-state index contributed by atoms with van der Waals surface area (Å²) >= 11 is 0. The highest BCUT2D eigenvalue weighted by Gasteiger charge is 2.04. The third-order valence-electron chi connectivity index (χ3n) is 3.28. The number of benzene rings is 2. The second-order valence-electron chi connectivity index (χ2n) is 4.80. The fourth-order valence-corrected chi connectivity index (χ4v) is 2.00. The van der Waals surface area contributed by atoms with Crippen LogP contribution in [0.1, 0.15) is 31.8 Å². The van der Waals surface area contributed by atoms with E-state index in [0.717, 1.165) is 16.8 Å². The van der Waals surface area contributed by atoms with Crippen molar-refractivity contribution >= 4 is 17.5 Å². The van der Waals surface area contributed by atoms with Gasteiger partial charge in [0.15, 0.2) is 0 Å². The maximum absolute atomic E-state index is 11.1. The summed E-state index contributed by atoms with van der Waals surface area (Å²) in [6.07, 6.45) is 0. The molecule has 0 saturated heterocycles. The highest BCUT2D eigenvalue weighted by molar-refractivity contribution is 5.93. The number of aryl methyl sites for hydroxylation is 1. The van der Waals surface area contributed by atoms with Crippen molar-refractivity contribution in [1.29, 1.82) is 0 Å². The summed E-state index contributed by atoms with van der Waals surface area (Å²) in [6, 6.07) is 12.3. The van der Waals surface area contributed by atoms with Gasteiger partial charge in [0, 0.05) is 23.4 Å². The van der Waals surface area contributed by atoms with Crippen LogP contribution >= 0.6 is 0 Å². The summed E-state index contributed by atoms with van der Waals surface area (Å²) < 4.78 is 0. The van der Waals surface area contributed by atoms with Crippen molar-refractivity contribution in [2.75, 3.05) is 5.32 Å². The monoisotopic (exact) mass is 283 g/mol. The summed E-state index contributed by atoms with van der Waals surface area (Å²) in [7, 11) is 0. The molecule has 0 fully saturated rings. The molecular weight excluding hydrogens is 266 g/mol. The Morgan fingerprint density at radius 3 is 2.05 bits per heavy atom. The fourth-order valence-electron chi connectivity index (χ4n) is 2.00. The lowest BCUT2D eigenvalue weighted by Gasteiger charge is -2.10. The van der Waals surface area contributed by atoms with Crippen molar-refractivity contribution < 1.29 is 9.59 Å². The Hall–Kier alpha value is -2.82. The summed E-state index contributed by atoms with van der Waals surface area (Å²) in [5.41, 5.74) is 14.4. The van der Waals surface area contributed by atoms with Gasteiger partial charge < -0.3 is 16.8 Å². The molecule has 5 N–H and O–H groups in total. The zero-order chi connectivity index (χ0) is 15.4. The zero-order valence-corrected chi connectivity index (χ0v) is 11.7. The lowest BCUT2D eigenvalue weighted by Crippen LogP contribution is -2.12. The van der Waals surface area contributed by atoms with Crippen LogP contribution in [0.2, 0.25) is 0 Å². The second kappa shape index (κ2) is 6.09. The lowest BCUT2D eigenvalue weighted by molar-refractivity contribution is 0.0992. The van der Waals surface area contributed by atoms with Crippen LogP contribution in [0.15, 0.2) is 42.5 Å².